The second-order valence-electron chi connectivity index (χ2n) is 5.78. The first-order valence-corrected chi connectivity index (χ1v) is 9.19. The molecule has 0 fully saturated rings. The smallest absolute Gasteiger partial charge is 0.178 e. The highest BCUT2D eigenvalue weighted by Gasteiger charge is 2.17. The van der Waals surface area contributed by atoms with Crippen LogP contribution in [0, 0.1) is 5.92 Å². The van der Waals surface area contributed by atoms with Gasteiger partial charge in [0.15, 0.2) is 9.84 Å². The van der Waals surface area contributed by atoms with E-state index in [2.05, 4.69) is 0 Å². The van der Waals surface area contributed by atoms with Crippen molar-refractivity contribution >= 4 is 22.0 Å². The second kappa shape index (κ2) is 7.41. The zero-order chi connectivity index (χ0) is 16.0. The Kier molecular flexibility index (Phi) is 5.56. The van der Waals surface area contributed by atoms with Crippen molar-refractivity contribution in [3.05, 3.63) is 65.7 Å². The number of rotatable bonds is 6. The zero-order valence-corrected chi connectivity index (χ0v) is 13.9. The van der Waals surface area contributed by atoms with Crippen LogP contribution in [0.3, 0.4) is 0 Å². The molecule has 0 amide bonds. The van der Waals surface area contributed by atoms with Crippen LogP contribution in [0.2, 0.25) is 0 Å². The molecule has 2 aromatic carbocycles. The molecule has 0 bridgehead atoms. The lowest BCUT2D eigenvalue weighted by atomic mass is 10.1. The van der Waals surface area contributed by atoms with E-state index >= 15 is 0 Å². The first kappa shape index (κ1) is 16.5. The van der Waals surface area contributed by atoms with Gasteiger partial charge in [-0.25, -0.2) is 8.42 Å². The van der Waals surface area contributed by atoms with Crippen molar-refractivity contribution in [1.82, 2.24) is 0 Å². The molecule has 0 aliphatic carbocycles. The standard InChI is InChI=1S/C19H22O2S/c1-16(2)14-15-22(20,21)19-11-7-6-10-18(19)13-12-17-8-4-3-5-9-17/h3-13,16H,14-15H2,1-2H3/b13-12+. The molecule has 2 aromatic rings. The highest BCUT2D eigenvalue weighted by molar-refractivity contribution is 7.91. The van der Waals surface area contributed by atoms with E-state index in [4.69, 9.17) is 0 Å². The molecule has 0 atom stereocenters. The van der Waals surface area contributed by atoms with Gasteiger partial charge in [-0.15, -0.1) is 0 Å². The van der Waals surface area contributed by atoms with Crippen LogP contribution < -0.4 is 0 Å². The number of hydrogen-bond donors (Lipinski definition) is 0. The van der Waals surface area contributed by atoms with E-state index in [1.807, 2.05) is 68.5 Å². The van der Waals surface area contributed by atoms with Gasteiger partial charge in [0, 0.05) is 0 Å². The monoisotopic (exact) mass is 314 g/mol. The molecular formula is C19H22O2S. The molecule has 22 heavy (non-hydrogen) atoms. The van der Waals surface area contributed by atoms with Crippen LogP contribution in [0.1, 0.15) is 31.4 Å². The van der Waals surface area contributed by atoms with Crippen LogP contribution in [0.5, 0.6) is 0 Å². The quantitative estimate of drug-likeness (QED) is 0.726. The van der Waals surface area contributed by atoms with Gasteiger partial charge in [0.25, 0.3) is 0 Å². The maximum Gasteiger partial charge on any atom is 0.178 e. The second-order valence-corrected chi connectivity index (χ2v) is 7.86. The van der Waals surface area contributed by atoms with Crippen LogP contribution in [0.25, 0.3) is 12.2 Å². The summed E-state index contributed by atoms with van der Waals surface area (Å²) in [6, 6.07) is 17.1. The van der Waals surface area contributed by atoms with Crippen molar-refractivity contribution < 1.29 is 8.42 Å². The van der Waals surface area contributed by atoms with Gasteiger partial charge in [0.2, 0.25) is 0 Å². The predicted octanol–water partition coefficient (Wildman–Crippen LogP) is 4.68. The van der Waals surface area contributed by atoms with Crippen molar-refractivity contribution in [3.63, 3.8) is 0 Å². The highest BCUT2D eigenvalue weighted by Crippen LogP contribution is 2.21. The molecule has 0 unspecified atom stereocenters. The van der Waals surface area contributed by atoms with Crippen molar-refractivity contribution in [2.45, 2.75) is 25.2 Å². The summed E-state index contributed by atoms with van der Waals surface area (Å²) in [5.41, 5.74) is 1.80. The van der Waals surface area contributed by atoms with E-state index in [1.165, 1.54) is 0 Å². The molecule has 0 N–H and O–H groups in total. The largest absolute Gasteiger partial charge is 0.224 e. The Labute approximate surface area is 133 Å². The third-order valence-electron chi connectivity index (χ3n) is 3.47. The summed E-state index contributed by atoms with van der Waals surface area (Å²) >= 11 is 0. The molecule has 2 rings (SSSR count). The Hall–Kier alpha value is -1.87. The van der Waals surface area contributed by atoms with Gasteiger partial charge in [0.1, 0.15) is 0 Å². The molecule has 0 saturated heterocycles. The molecule has 0 aromatic heterocycles. The molecular weight excluding hydrogens is 292 g/mol. The summed E-state index contributed by atoms with van der Waals surface area (Å²) in [7, 11) is -3.24. The fourth-order valence-electron chi connectivity index (χ4n) is 2.15. The SMILES string of the molecule is CC(C)CCS(=O)(=O)c1ccccc1/C=C/c1ccccc1. The molecule has 0 radical (unpaired) electrons. The minimum Gasteiger partial charge on any atom is -0.224 e. The number of sulfone groups is 1. The average molecular weight is 314 g/mol. The van der Waals surface area contributed by atoms with E-state index in [1.54, 1.807) is 12.1 Å². The lowest BCUT2D eigenvalue weighted by Crippen LogP contribution is -2.10. The molecule has 0 aliphatic heterocycles. The average Bonchev–Trinajstić information content (AvgIpc) is 2.52. The normalized spacial score (nSPS) is 12.1. The number of benzene rings is 2. The molecule has 3 heteroatoms. The Morgan fingerprint density at radius 2 is 1.55 bits per heavy atom. The summed E-state index contributed by atoms with van der Waals surface area (Å²) in [5.74, 6) is 0.572. The first-order valence-electron chi connectivity index (χ1n) is 7.54. The lowest BCUT2D eigenvalue weighted by molar-refractivity contribution is 0.573. The van der Waals surface area contributed by atoms with Crippen LogP contribution in [-0.2, 0) is 9.84 Å². The van der Waals surface area contributed by atoms with Crippen LogP contribution >= 0.6 is 0 Å². The summed E-state index contributed by atoms with van der Waals surface area (Å²) in [5, 5.41) is 0. The van der Waals surface area contributed by atoms with Crippen molar-refractivity contribution in [1.29, 1.82) is 0 Å². The fourth-order valence-corrected chi connectivity index (χ4v) is 3.94. The minimum absolute atomic E-state index is 0.195. The third-order valence-corrected chi connectivity index (χ3v) is 5.29. The van der Waals surface area contributed by atoms with Gasteiger partial charge in [0.05, 0.1) is 10.6 Å². The van der Waals surface area contributed by atoms with Crippen molar-refractivity contribution in [2.24, 2.45) is 5.92 Å². The van der Waals surface area contributed by atoms with Crippen molar-refractivity contribution in [3.8, 4) is 0 Å². The lowest BCUT2D eigenvalue weighted by Gasteiger charge is -2.09. The first-order chi connectivity index (χ1) is 10.5. The van der Waals surface area contributed by atoms with Crippen LogP contribution in [-0.4, -0.2) is 14.2 Å². The van der Waals surface area contributed by atoms with Gasteiger partial charge in [-0.1, -0.05) is 74.5 Å². The summed E-state index contributed by atoms with van der Waals surface area (Å²) in [6.07, 6.45) is 4.49. The van der Waals surface area contributed by atoms with Gasteiger partial charge in [-0.2, -0.15) is 0 Å². The van der Waals surface area contributed by atoms with E-state index in [-0.39, 0.29) is 5.75 Å². The Morgan fingerprint density at radius 3 is 2.23 bits per heavy atom. The topological polar surface area (TPSA) is 34.1 Å². The van der Waals surface area contributed by atoms with Crippen LogP contribution in [0.15, 0.2) is 59.5 Å². The third kappa shape index (κ3) is 4.57. The Balaban J connectivity index is 2.29. The molecule has 0 heterocycles. The van der Waals surface area contributed by atoms with Crippen molar-refractivity contribution in [2.75, 3.05) is 5.75 Å². The highest BCUT2D eigenvalue weighted by atomic mass is 32.2. The minimum atomic E-state index is -3.24. The van der Waals surface area contributed by atoms with Gasteiger partial charge in [-0.3, -0.25) is 0 Å². The Morgan fingerprint density at radius 1 is 0.909 bits per heavy atom. The van der Waals surface area contributed by atoms with E-state index in [0.29, 0.717) is 17.2 Å². The summed E-state index contributed by atoms with van der Waals surface area (Å²) in [6.45, 7) is 4.08. The fraction of sp³-hybridized carbons (Fsp3) is 0.263. The zero-order valence-electron chi connectivity index (χ0n) is 13.1. The maximum atomic E-state index is 12.5. The van der Waals surface area contributed by atoms with Gasteiger partial charge < -0.3 is 0 Å². The molecule has 0 aliphatic rings. The van der Waals surface area contributed by atoms with Gasteiger partial charge >= 0.3 is 0 Å². The summed E-state index contributed by atoms with van der Waals surface area (Å²) < 4.78 is 25.1. The van der Waals surface area contributed by atoms with Crippen LogP contribution in [0.4, 0.5) is 0 Å². The van der Waals surface area contributed by atoms with E-state index in [0.717, 1.165) is 11.1 Å². The Bertz CT molecular complexity index is 729. The predicted molar refractivity (Wildman–Crippen MR) is 93.3 cm³/mol. The van der Waals surface area contributed by atoms with E-state index < -0.39 is 9.84 Å². The van der Waals surface area contributed by atoms with Gasteiger partial charge in [-0.05, 0) is 29.5 Å². The summed E-state index contributed by atoms with van der Waals surface area (Å²) in [4.78, 5) is 0.419. The molecule has 0 spiro atoms. The molecule has 0 saturated carbocycles. The number of hydrogen-bond acceptors (Lipinski definition) is 2. The van der Waals surface area contributed by atoms with E-state index in [9.17, 15) is 8.42 Å². The maximum absolute atomic E-state index is 12.5. The molecule has 116 valence electrons. The molecule has 2 nitrogen and oxygen atoms in total.